The first-order valence-electron chi connectivity index (χ1n) is 8.82. The van der Waals surface area contributed by atoms with Crippen molar-refractivity contribution < 1.29 is 9.18 Å². The lowest BCUT2D eigenvalue weighted by Crippen LogP contribution is -2.33. The summed E-state index contributed by atoms with van der Waals surface area (Å²) in [7, 11) is 0. The Kier molecular flexibility index (Phi) is 5.49. The number of nitrogens with zero attached hydrogens (tertiary/aromatic N) is 2. The van der Waals surface area contributed by atoms with Crippen LogP contribution in [0.25, 0.3) is 0 Å². The van der Waals surface area contributed by atoms with E-state index in [0.717, 1.165) is 19.6 Å². The first kappa shape index (κ1) is 17.6. The van der Waals surface area contributed by atoms with E-state index in [1.807, 2.05) is 6.07 Å². The van der Waals surface area contributed by atoms with E-state index in [4.69, 9.17) is 0 Å². The van der Waals surface area contributed by atoms with Gasteiger partial charge >= 0.3 is 0 Å². The van der Waals surface area contributed by atoms with Crippen molar-refractivity contribution in [1.82, 2.24) is 9.80 Å². The third-order valence-corrected chi connectivity index (χ3v) is 4.89. The molecule has 25 heavy (non-hydrogen) atoms. The Morgan fingerprint density at radius 2 is 1.76 bits per heavy atom. The van der Waals surface area contributed by atoms with Crippen molar-refractivity contribution in [3.8, 4) is 0 Å². The number of halogens is 1. The van der Waals surface area contributed by atoms with Gasteiger partial charge in [-0.05, 0) is 31.0 Å². The van der Waals surface area contributed by atoms with Crippen LogP contribution in [0.2, 0.25) is 0 Å². The molecule has 0 bridgehead atoms. The minimum Gasteiger partial charge on any atom is -0.337 e. The second-order valence-electron chi connectivity index (χ2n) is 6.86. The molecule has 0 radical (unpaired) electrons. The molecule has 0 aliphatic carbocycles. The second kappa shape index (κ2) is 7.79. The predicted octanol–water partition coefficient (Wildman–Crippen LogP) is 3.68. The quantitative estimate of drug-likeness (QED) is 0.848. The fourth-order valence-electron chi connectivity index (χ4n) is 3.33. The van der Waals surface area contributed by atoms with Gasteiger partial charge in [0.05, 0.1) is 0 Å². The molecule has 0 saturated carbocycles. The van der Waals surface area contributed by atoms with E-state index in [-0.39, 0.29) is 11.7 Å². The van der Waals surface area contributed by atoms with Crippen molar-refractivity contribution in [3.63, 3.8) is 0 Å². The molecule has 4 heteroatoms. The number of benzene rings is 2. The lowest BCUT2D eigenvalue weighted by Gasteiger charge is -2.23. The molecule has 132 valence electrons. The molecular weight excluding hydrogens is 315 g/mol. The van der Waals surface area contributed by atoms with Crippen LogP contribution in [0.5, 0.6) is 0 Å². The van der Waals surface area contributed by atoms with Crippen molar-refractivity contribution in [2.24, 2.45) is 0 Å². The highest BCUT2D eigenvalue weighted by molar-refractivity contribution is 5.76. The number of rotatable bonds is 4. The van der Waals surface area contributed by atoms with Crippen LogP contribution >= 0.6 is 0 Å². The summed E-state index contributed by atoms with van der Waals surface area (Å²) < 4.78 is 13.9. The normalized spacial score (nSPS) is 16.1. The molecule has 1 fully saturated rings. The molecule has 1 aliphatic rings. The fraction of sp³-hybridized carbons (Fsp3) is 0.381. The maximum Gasteiger partial charge on any atom is 0.224 e. The average Bonchev–Trinajstić information content (AvgIpc) is 2.75. The first-order valence-corrected chi connectivity index (χ1v) is 8.82. The third kappa shape index (κ3) is 4.45. The van der Waals surface area contributed by atoms with Gasteiger partial charge < -0.3 is 4.90 Å². The van der Waals surface area contributed by atoms with Crippen LogP contribution in [0.15, 0.2) is 42.5 Å². The second-order valence-corrected chi connectivity index (χ2v) is 6.86. The van der Waals surface area contributed by atoms with Crippen molar-refractivity contribution >= 4 is 5.91 Å². The highest BCUT2D eigenvalue weighted by Gasteiger charge is 2.22. The Labute approximate surface area is 149 Å². The summed E-state index contributed by atoms with van der Waals surface area (Å²) in [6, 6.07) is 13.2. The standard InChI is InChI=1S/C21H25FN2O/c1-16-7-8-18(17(2)13-16)14-23-10-9-21(25)24(12-11-23)15-19-5-3-4-6-20(19)22/h3-8,13H,9-12,14-15H2,1-2H3. The summed E-state index contributed by atoms with van der Waals surface area (Å²) in [5.74, 6) is -0.141. The minimum absolute atomic E-state index is 0.103. The summed E-state index contributed by atoms with van der Waals surface area (Å²) in [5.41, 5.74) is 4.45. The van der Waals surface area contributed by atoms with Crippen LogP contribution in [0.4, 0.5) is 4.39 Å². The highest BCUT2D eigenvalue weighted by atomic mass is 19.1. The van der Waals surface area contributed by atoms with Gasteiger partial charge in [-0.3, -0.25) is 9.69 Å². The topological polar surface area (TPSA) is 23.6 Å². The monoisotopic (exact) mass is 340 g/mol. The Balaban J connectivity index is 1.64. The van der Waals surface area contributed by atoms with E-state index >= 15 is 0 Å². The van der Waals surface area contributed by atoms with Gasteiger partial charge in [0.2, 0.25) is 5.91 Å². The molecule has 1 heterocycles. The van der Waals surface area contributed by atoms with Crippen molar-refractivity contribution in [1.29, 1.82) is 0 Å². The summed E-state index contributed by atoms with van der Waals surface area (Å²) in [5, 5.41) is 0. The Morgan fingerprint density at radius 3 is 2.52 bits per heavy atom. The number of amides is 1. The summed E-state index contributed by atoms with van der Waals surface area (Å²) in [4.78, 5) is 16.5. The molecule has 2 aromatic rings. The number of carbonyl (C=O) groups is 1. The Hall–Kier alpha value is -2.20. The maximum absolute atomic E-state index is 13.9. The van der Waals surface area contributed by atoms with Crippen molar-refractivity contribution in [3.05, 3.63) is 70.5 Å². The average molecular weight is 340 g/mol. The molecular formula is C21H25FN2O. The van der Waals surface area contributed by atoms with E-state index in [0.29, 0.717) is 25.1 Å². The van der Waals surface area contributed by atoms with Crippen LogP contribution < -0.4 is 0 Å². The molecule has 0 unspecified atom stereocenters. The van der Waals surface area contributed by atoms with E-state index in [1.54, 1.807) is 17.0 Å². The van der Waals surface area contributed by atoms with Crippen LogP contribution in [0, 0.1) is 19.7 Å². The summed E-state index contributed by atoms with van der Waals surface area (Å²) >= 11 is 0. The fourth-order valence-corrected chi connectivity index (χ4v) is 3.33. The zero-order valence-corrected chi connectivity index (χ0v) is 15.0. The van der Waals surface area contributed by atoms with Crippen molar-refractivity contribution in [2.75, 3.05) is 19.6 Å². The minimum atomic E-state index is -0.244. The number of hydrogen-bond acceptors (Lipinski definition) is 2. The van der Waals surface area contributed by atoms with Crippen LogP contribution in [-0.4, -0.2) is 35.3 Å². The van der Waals surface area contributed by atoms with Crippen LogP contribution in [0.3, 0.4) is 0 Å². The summed E-state index contributed by atoms with van der Waals surface area (Å²) in [6.45, 7) is 7.64. The van der Waals surface area contributed by atoms with Gasteiger partial charge in [0.25, 0.3) is 0 Å². The molecule has 0 spiro atoms. The molecule has 1 amide bonds. The number of aryl methyl sites for hydroxylation is 2. The van der Waals surface area contributed by atoms with E-state index < -0.39 is 0 Å². The van der Waals surface area contributed by atoms with Gasteiger partial charge in [0.15, 0.2) is 0 Å². The molecule has 1 aliphatic heterocycles. The number of carbonyl (C=O) groups excluding carboxylic acids is 1. The molecule has 1 saturated heterocycles. The molecule has 2 aromatic carbocycles. The van der Waals surface area contributed by atoms with Crippen molar-refractivity contribution in [2.45, 2.75) is 33.4 Å². The summed E-state index contributed by atoms with van der Waals surface area (Å²) in [6.07, 6.45) is 0.485. The SMILES string of the molecule is Cc1ccc(CN2CCC(=O)N(Cc3ccccc3F)CC2)c(C)c1. The van der Waals surface area contributed by atoms with Gasteiger partial charge in [0.1, 0.15) is 5.82 Å². The predicted molar refractivity (Wildman–Crippen MR) is 97.6 cm³/mol. The smallest absolute Gasteiger partial charge is 0.224 e. The first-order chi connectivity index (χ1) is 12.0. The highest BCUT2D eigenvalue weighted by Crippen LogP contribution is 2.17. The number of hydrogen-bond donors (Lipinski definition) is 0. The van der Waals surface area contributed by atoms with Gasteiger partial charge in [0, 0.05) is 44.7 Å². The Morgan fingerprint density at radius 1 is 0.960 bits per heavy atom. The molecule has 3 rings (SSSR count). The van der Waals surface area contributed by atoms with E-state index in [1.165, 1.54) is 22.8 Å². The zero-order valence-electron chi connectivity index (χ0n) is 15.0. The molecule has 0 aromatic heterocycles. The lowest BCUT2D eigenvalue weighted by atomic mass is 10.1. The van der Waals surface area contributed by atoms with E-state index in [9.17, 15) is 9.18 Å². The van der Waals surface area contributed by atoms with Gasteiger partial charge in [-0.15, -0.1) is 0 Å². The van der Waals surface area contributed by atoms with Gasteiger partial charge in [-0.25, -0.2) is 4.39 Å². The molecule has 0 N–H and O–H groups in total. The van der Waals surface area contributed by atoms with Crippen LogP contribution in [-0.2, 0) is 17.9 Å². The molecule has 3 nitrogen and oxygen atoms in total. The lowest BCUT2D eigenvalue weighted by molar-refractivity contribution is -0.131. The largest absolute Gasteiger partial charge is 0.337 e. The van der Waals surface area contributed by atoms with Gasteiger partial charge in [-0.1, -0.05) is 42.0 Å². The van der Waals surface area contributed by atoms with E-state index in [2.05, 4.69) is 36.9 Å². The molecule has 0 atom stereocenters. The third-order valence-electron chi connectivity index (χ3n) is 4.89. The zero-order chi connectivity index (χ0) is 17.8. The van der Waals surface area contributed by atoms with Crippen LogP contribution in [0.1, 0.15) is 28.7 Å². The maximum atomic E-state index is 13.9. The Bertz CT molecular complexity index is 759. The van der Waals surface area contributed by atoms with Gasteiger partial charge in [-0.2, -0.15) is 0 Å².